The lowest BCUT2D eigenvalue weighted by Crippen LogP contribution is -2.13. The van der Waals surface area contributed by atoms with Crippen molar-refractivity contribution in [2.75, 3.05) is 5.32 Å². The van der Waals surface area contributed by atoms with Crippen LogP contribution in [0.4, 0.5) is 5.69 Å². The van der Waals surface area contributed by atoms with Crippen LogP contribution < -0.4 is 5.32 Å². The summed E-state index contributed by atoms with van der Waals surface area (Å²) in [5.74, 6) is -0.570. The van der Waals surface area contributed by atoms with Crippen LogP contribution >= 0.6 is 11.6 Å². The molecule has 0 aliphatic heterocycles. The van der Waals surface area contributed by atoms with E-state index in [4.69, 9.17) is 11.6 Å². The smallest absolute Gasteiger partial charge is 0.248 e. The molecule has 0 unspecified atom stereocenters. The van der Waals surface area contributed by atoms with Gasteiger partial charge in [0.2, 0.25) is 5.91 Å². The van der Waals surface area contributed by atoms with Gasteiger partial charge in [-0.05, 0) is 50.3 Å². The third-order valence-electron chi connectivity index (χ3n) is 5.27. The topological polar surface area (TPSA) is 64.0 Å². The van der Waals surface area contributed by atoms with Crippen LogP contribution in [-0.2, 0) is 4.79 Å². The van der Waals surface area contributed by atoms with Crippen molar-refractivity contribution in [3.8, 4) is 5.69 Å². The van der Waals surface area contributed by atoms with Crippen molar-refractivity contribution in [2.24, 2.45) is 0 Å². The van der Waals surface area contributed by atoms with E-state index in [-0.39, 0.29) is 11.7 Å². The number of carbonyl (C=O) groups excluding carboxylic acids is 2. The van der Waals surface area contributed by atoms with Gasteiger partial charge in [0.05, 0.1) is 17.1 Å². The number of nitrogens with one attached hydrogen (secondary N) is 1. The van der Waals surface area contributed by atoms with Crippen molar-refractivity contribution in [2.45, 2.75) is 13.8 Å². The van der Waals surface area contributed by atoms with Crippen LogP contribution in [-0.4, -0.2) is 21.5 Å². The number of aromatic nitrogens is 2. The van der Waals surface area contributed by atoms with E-state index in [0.29, 0.717) is 21.8 Å². The molecule has 4 aromatic rings. The fourth-order valence-corrected chi connectivity index (χ4v) is 3.78. The van der Waals surface area contributed by atoms with Gasteiger partial charge in [-0.15, -0.1) is 0 Å². The second-order valence-electron chi connectivity index (χ2n) is 7.54. The first-order valence-corrected chi connectivity index (χ1v) is 10.8. The van der Waals surface area contributed by atoms with Gasteiger partial charge in [0.15, 0.2) is 5.78 Å². The lowest BCUT2D eigenvalue weighted by Gasteiger charge is -2.10. The minimum Gasteiger partial charge on any atom is -0.322 e. The lowest BCUT2D eigenvalue weighted by atomic mass is 10.0. The Balaban J connectivity index is 1.57. The van der Waals surface area contributed by atoms with Gasteiger partial charge in [0.25, 0.3) is 0 Å². The second-order valence-corrected chi connectivity index (χ2v) is 7.98. The van der Waals surface area contributed by atoms with Crippen molar-refractivity contribution in [1.82, 2.24) is 9.78 Å². The summed E-state index contributed by atoms with van der Waals surface area (Å²) >= 11 is 6.13. The largest absolute Gasteiger partial charge is 0.322 e. The lowest BCUT2D eigenvalue weighted by molar-refractivity contribution is -0.111. The molecule has 0 bridgehead atoms. The highest BCUT2D eigenvalue weighted by molar-refractivity contribution is 6.31. The first-order chi connectivity index (χ1) is 15.9. The number of rotatable bonds is 6. The Morgan fingerprint density at radius 3 is 2.30 bits per heavy atom. The summed E-state index contributed by atoms with van der Waals surface area (Å²) in [5.41, 5.74) is 4.81. The van der Waals surface area contributed by atoms with Gasteiger partial charge in [-0.3, -0.25) is 9.59 Å². The van der Waals surface area contributed by atoms with E-state index >= 15 is 0 Å². The molecule has 0 atom stereocenters. The Bertz CT molecular complexity index is 1340. The molecular formula is C27H22ClN3O2. The van der Waals surface area contributed by atoms with Crippen LogP contribution in [0.25, 0.3) is 11.8 Å². The van der Waals surface area contributed by atoms with Gasteiger partial charge < -0.3 is 5.32 Å². The fraction of sp³-hybridized carbons (Fsp3) is 0.0741. The van der Waals surface area contributed by atoms with Gasteiger partial charge >= 0.3 is 0 Å². The van der Waals surface area contributed by atoms with Crippen LogP contribution in [0.15, 0.2) is 84.9 Å². The van der Waals surface area contributed by atoms with Crippen molar-refractivity contribution >= 4 is 35.1 Å². The molecule has 6 heteroatoms. The minimum atomic E-state index is -0.356. The van der Waals surface area contributed by atoms with Gasteiger partial charge in [-0.25, -0.2) is 4.68 Å². The summed E-state index contributed by atoms with van der Waals surface area (Å²) in [6.45, 7) is 3.86. The Labute approximate surface area is 197 Å². The number of hydrogen-bond donors (Lipinski definition) is 1. The second kappa shape index (κ2) is 9.67. The van der Waals surface area contributed by atoms with Crippen LogP contribution in [0.5, 0.6) is 0 Å². The summed E-state index contributed by atoms with van der Waals surface area (Å²) in [6.07, 6.45) is 3.18. The molecule has 1 aromatic heterocycles. The van der Waals surface area contributed by atoms with E-state index < -0.39 is 0 Å². The molecule has 33 heavy (non-hydrogen) atoms. The zero-order valence-corrected chi connectivity index (χ0v) is 19.0. The molecule has 0 fully saturated rings. The minimum absolute atomic E-state index is 0.215. The number of benzene rings is 3. The predicted molar refractivity (Wildman–Crippen MR) is 132 cm³/mol. The van der Waals surface area contributed by atoms with Crippen LogP contribution in [0.3, 0.4) is 0 Å². The quantitative estimate of drug-likeness (QED) is 0.285. The summed E-state index contributed by atoms with van der Waals surface area (Å²) in [7, 11) is 0. The molecule has 5 nitrogen and oxygen atoms in total. The number of halogens is 1. The maximum atomic E-state index is 13.0. The zero-order valence-electron chi connectivity index (χ0n) is 18.2. The number of nitrogens with zero attached hydrogens (tertiary/aromatic N) is 2. The molecule has 164 valence electrons. The molecule has 0 saturated heterocycles. The Hall–Kier alpha value is -3.96. The number of carbonyl (C=O) groups is 2. The number of amides is 1. The average Bonchev–Trinajstić information content (AvgIpc) is 3.12. The molecule has 3 aromatic carbocycles. The predicted octanol–water partition coefficient (Wildman–Crippen LogP) is 6.03. The van der Waals surface area contributed by atoms with Crippen LogP contribution in [0, 0.1) is 13.8 Å². The molecule has 1 N–H and O–H groups in total. The molecule has 1 heterocycles. The van der Waals surface area contributed by atoms with E-state index in [9.17, 15) is 9.59 Å². The number of para-hydroxylation sites is 1. The molecule has 0 spiro atoms. The van der Waals surface area contributed by atoms with Crippen molar-refractivity contribution in [3.63, 3.8) is 0 Å². The maximum absolute atomic E-state index is 13.0. The summed E-state index contributed by atoms with van der Waals surface area (Å²) in [4.78, 5) is 25.7. The summed E-state index contributed by atoms with van der Waals surface area (Å²) < 4.78 is 1.85. The van der Waals surface area contributed by atoms with Crippen molar-refractivity contribution in [3.05, 3.63) is 118 Å². The highest BCUT2D eigenvalue weighted by Gasteiger charge is 2.16. The molecule has 0 radical (unpaired) electrons. The third kappa shape index (κ3) is 4.94. The van der Waals surface area contributed by atoms with E-state index in [2.05, 4.69) is 10.4 Å². The van der Waals surface area contributed by atoms with Crippen molar-refractivity contribution < 1.29 is 9.59 Å². The highest BCUT2D eigenvalue weighted by atomic mass is 35.5. The zero-order chi connectivity index (χ0) is 23.4. The molecule has 0 saturated carbocycles. The summed E-state index contributed by atoms with van der Waals surface area (Å²) in [6, 6.07) is 23.5. The molecule has 4 rings (SSSR count). The van der Waals surface area contributed by atoms with Crippen LogP contribution in [0.1, 0.15) is 32.9 Å². The van der Waals surface area contributed by atoms with Crippen molar-refractivity contribution in [1.29, 1.82) is 0 Å². The van der Waals surface area contributed by atoms with Gasteiger partial charge in [-0.2, -0.15) is 5.10 Å². The average molecular weight is 456 g/mol. The standard InChI is InChI=1S/C27H22ClN3O2/c1-18-23(19(2)31(30-18)22-11-7-4-8-12-22)14-16-26(32)29-25-15-13-21(28)17-24(25)27(33)20-9-5-3-6-10-20/h3-17H,1-2H3,(H,29,32). The number of hydrogen-bond acceptors (Lipinski definition) is 3. The highest BCUT2D eigenvalue weighted by Crippen LogP contribution is 2.24. The Morgan fingerprint density at radius 1 is 0.939 bits per heavy atom. The Morgan fingerprint density at radius 2 is 1.61 bits per heavy atom. The molecule has 0 aliphatic rings. The van der Waals surface area contributed by atoms with Gasteiger partial charge in [0.1, 0.15) is 0 Å². The fourth-order valence-electron chi connectivity index (χ4n) is 3.61. The molecule has 1 amide bonds. The van der Waals surface area contributed by atoms with Crippen LogP contribution in [0.2, 0.25) is 5.02 Å². The number of anilines is 1. The van der Waals surface area contributed by atoms with E-state index in [1.807, 2.05) is 54.9 Å². The van der Waals surface area contributed by atoms with Gasteiger partial charge in [-0.1, -0.05) is 60.1 Å². The number of ketones is 1. The first-order valence-electron chi connectivity index (χ1n) is 10.4. The van der Waals surface area contributed by atoms with E-state index in [1.165, 1.54) is 6.08 Å². The first kappa shape index (κ1) is 22.2. The normalized spacial score (nSPS) is 11.0. The SMILES string of the molecule is Cc1nn(-c2ccccc2)c(C)c1C=CC(=O)Nc1ccc(Cl)cc1C(=O)c1ccccc1. The summed E-state index contributed by atoms with van der Waals surface area (Å²) in [5, 5.41) is 7.82. The molecule has 0 aliphatic carbocycles. The Kier molecular flexibility index (Phi) is 6.52. The molecular weight excluding hydrogens is 434 g/mol. The monoisotopic (exact) mass is 455 g/mol. The number of aryl methyl sites for hydroxylation is 1. The van der Waals surface area contributed by atoms with E-state index in [0.717, 1.165) is 22.6 Å². The maximum Gasteiger partial charge on any atom is 0.248 e. The third-order valence-corrected chi connectivity index (χ3v) is 5.50. The van der Waals surface area contributed by atoms with E-state index in [1.54, 1.807) is 48.5 Å². The van der Waals surface area contributed by atoms with Gasteiger partial charge in [0, 0.05) is 33.5 Å².